The van der Waals surface area contributed by atoms with Crippen LogP contribution in [0, 0.1) is 27.7 Å². The Hall–Kier alpha value is -3.48. The number of nitrogens with one attached hydrogen (secondary N) is 1. The van der Waals surface area contributed by atoms with Gasteiger partial charge in [-0.1, -0.05) is 83.9 Å². The van der Waals surface area contributed by atoms with E-state index in [2.05, 4.69) is 5.32 Å². The summed E-state index contributed by atoms with van der Waals surface area (Å²) in [6, 6.07) is 24.8. The number of carbonyl (C=O) groups excluding carboxylic acids is 1. The van der Waals surface area contributed by atoms with E-state index in [1.807, 2.05) is 92.7 Å². The lowest BCUT2D eigenvalue weighted by Gasteiger charge is -2.24. The van der Waals surface area contributed by atoms with Gasteiger partial charge in [-0.25, -0.2) is 8.42 Å². The molecule has 0 saturated carbocycles. The molecule has 0 aliphatic rings. The molecular formula is C29H30N2O3S. The highest BCUT2D eigenvalue weighted by molar-refractivity contribution is 7.89. The van der Waals surface area contributed by atoms with E-state index in [0.29, 0.717) is 16.8 Å². The van der Waals surface area contributed by atoms with Crippen LogP contribution < -0.4 is 5.32 Å². The molecular weight excluding hydrogens is 456 g/mol. The topological polar surface area (TPSA) is 66.5 Å². The van der Waals surface area contributed by atoms with Crippen LogP contribution in [-0.2, 0) is 21.4 Å². The molecule has 6 heteroatoms. The normalized spacial score (nSPS) is 11.7. The number of benzene rings is 4. The average molecular weight is 487 g/mol. The molecule has 0 unspecified atom stereocenters. The molecule has 0 aromatic heterocycles. The maximum atomic E-state index is 13.9. The van der Waals surface area contributed by atoms with Crippen molar-refractivity contribution in [2.24, 2.45) is 0 Å². The molecule has 35 heavy (non-hydrogen) atoms. The Balaban J connectivity index is 1.69. The van der Waals surface area contributed by atoms with Crippen molar-refractivity contribution in [3.05, 3.63) is 107 Å². The van der Waals surface area contributed by atoms with Crippen molar-refractivity contribution >= 4 is 32.4 Å². The van der Waals surface area contributed by atoms with E-state index >= 15 is 0 Å². The van der Waals surface area contributed by atoms with Gasteiger partial charge < -0.3 is 5.32 Å². The predicted molar refractivity (Wildman–Crippen MR) is 142 cm³/mol. The largest absolute Gasteiger partial charge is 0.324 e. The van der Waals surface area contributed by atoms with Crippen LogP contribution >= 0.6 is 0 Å². The standard InChI is InChI=1S/C29H30N2O3S/c1-20-12-14-24(15-13-20)18-31(35(33,34)29-22(3)16-21(2)17-23(29)4)19-28(32)30-27-11-7-9-25-8-5-6-10-26(25)27/h5-17H,18-19H2,1-4H3,(H,30,32). The Morgan fingerprint density at radius 3 is 2.11 bits per heavy atom. The molecule has 5 nitrogen and oxygen atoms in total. The van der Waals surface area contributed by atoms with Crippen molar-refractivity contribution in [2.75, 3.05) is 11.9 Å². The lowest BCUT2D eigenvalue weighted by atomic mass is 10.1. The second-order valence-electron chi connectivity index (χ2n) is 9.06. The fourth-order valence-electron chi connectivity index (χ4n) is 4.51. The summed E-state index contributed by atoms with van der Waals surface area (Å²) in [6.45, 7) is 7.32. The van der Waals surface area contributed by atoms with Crippen molar-refractivity contribution in [2.45, 2.75) is 39.1 Å². The van der Waals surface area contributed by atoms with Crippen LogP contribution in [0.25, 0.3) is 10.8 Å². The van der Waals surface area contributed by atoms with E-state index in [4.69, 9.17) is 0 Å². The zero-order chi connectivity index (χ0) is 25.2. The summed E-state index contributed by atoms with van der Waals surface area (Å²) in [5.41, 5.74) is 4.90. The lowest BCUT2D eigenvalue weighted by Crippen LogP contribution is -2.38. The molecule has 4 rings (SSSR count). The highest BCUT2D eigenvalue weighted by atomic mass is 32.2. The monoisotopic (exact) mass is 486 g/mol. The number of hydrogen-bond donors (Lipinski definition) is 1. The van der Waals surface area contributed by atoms with Gasteiger partial charge in [0.25, 0.3) is 0 Å². The van der Waals surface area contributed by atoms with Gasteiger partial charge in [-0.2, -0.15) is 4.31 Å². The summed E-state index contributed by atoms with van der Waals surface area (Å²) in [7, 11) is -3.94. The number of carbonyl (C=O) groups is 1. The Morgan fingerprint density at radius 2 is 1.43 bits per heavy atom. The first-order chi connectivity index (χ1) is 16.6. The number of sulfonamides is 1. The molecule has 1 amide bonds. The Kier molecular flexibility index (Phi) is 7.05. The maximum Gasteiger partial charge on any atom is 0.244 e. The van der Waals surface area contributed by atoms with Crippen LogP contribution in [0.2, 0.25) is 0 Å². The minimum Gasteiger partial charge on any atom is -0.324 e. The zero-order valence-electron chi connectivity index (χ0n) is 20.5. The molecule has 0 fully saturated rings. The average Bonchev–Trinajstić information content (AvgIpc) is 2.79. The lowest BCUT2D eigenvalue weighted by molar-refractivity contribution is -0.116. The molecule has 0 aliphatic heterocycles. The van der Waals surface area contributed by atoms with Gasteiger partial charge in [-0.05, 0) is 55.8 Å². The quantitative estimate of drug-likeness (QED) is 0.353. The maximum absolute atomic E-state index is 13.9. The van der Waals surface area contributed by atoms with Gasteiger partial charge in [0.05, 0.1) is 11.4 Å². The molecule has 0 aliphatic carbocycles. The van der Waals surface area contributed by atoms with Crippen LogP contribution in [-0.4, -0.2) is 25.2 Å². The fourth-order valence-corrected chi connectivity index (χ4v) is 6.31. The number of rotatable bonds is 7. The van der Waals surface area contributed by atoms with E-state index in [1.54, 1.807) is 13.8 Å². The van der Waals surface area contributed by atoms with Crippen LogP contribution in [0.5, 0.6) is 0 Å². The van der Waals surface area contributed by atoms with Gasteiger partial charge in [-0.15, -0.1) is 0 Å². The van der Waals surface area contributed by atoms with E-state index in [1.165, 1.54) is 4.31 Å². The van der Waals surface area contributed by atoms with E-state index < -0.39 is 10.0 Å². The van der Waals surface area contributed by atoms with Gasteiger partial charge >= 0.3 is 0 Å². The van der Waals surface area contributed by atoms with Gasteiger partial charge in [0.1, 0.15) is 0 Å². The highest BCUT2D eigenvalue weighted by Crippen LogP contribution is 2.27. The zero-order valence-corrected chi connectivity index (χ0v) is 21.3. The van der Waals surface area contributed by atoms with Crippen LogP contribution in [0.4, 0.5) is 5.69 Å². The van der Waals surface area contributed by atoms with Crippen molar-refractivity contribution in [1.29, 1.82) is 0 Å². The van der Waals surface area contributed by atoms with E-state index in [9.17, 15) is 13.2 Å². The second kappa shape index (κ2) is 10.0. The minimum absolute atomic E-state index is 0.0956. The van der Waals surface area contributed by atoms with Crippen LogP contribution in [0.15, 0.2) is 83.8 Å². The van der Waals surface area contributed by atoms with Gasteiger partial charge in [0, 0.05) is 17.6 Å². The number of amides is 1. The third-order valence-corrected chi connectivity index (χ3v) is 8.16. The van der Waals surface area contributed by atoms with Crippen LogP contribution in [0.3, 0.4) is 0 Å². The Labute approximate surface area is 207 Å². The molecule has 0 radical (unpaired) electrons. The number of aryl methyl sites for hydroxylation is 4. The van der Waals surface area contributed by atoms with Crippen LogP contribution in [0.1, 0.15) is 27.8 Å². The van der Waals surface area contributed by atoms with E-state index in [-0.39, 0.29) is 23.9 Å². The first kappa shape index (κ1) is 24.6. The number of hydrogen-bond acceptors (Lipinski definition) is 3. The van der Waals surface area contributed by atoms with Gasteiger partial charge in [-0.3, -0.25) is 4.79 Å². The minimum atomic E-state index is -3.94. The number of nitrogens with zero attached hydrogens (tertiary/aromatic N) is 1. The van der Waals surface area contributed by atoms with E-state index in [0.717, 1.165) is 27.5 Å². The van der Waals surface area contributed by atoms with Gasteiger partial charge in [0.2, 0.25) is 15.9 Å². The Bertz CT molecular complexity index is 1460. The predicted octanol–water partition coefficient (Wildman–Crippen LogP) is 5.90. The Morgan fingerprint density at radius 1 is 0.800 bits per heavy atom. The third kappa shape index (κ3) is 5.45. The molecule has 0 atom stereocenters. The van der Waals surface area contributed by atoms with Gasteiger partial charge in [0.15, 0.2) is 0 Å². The first-order valence-corrected chi connectivity index (χ1v) is 13.0. The smallest absolute Gasteiger partial charge is 0.244 e. The van der Waals surface area contributed by atoms with Crippen molar-refractivity contribution in [1.82, 2.24) is 4.31 Å². The molecule has 180 valence electrons. The molecule has 0 bridgehead atoms. The summed E-state index contributed by atoms with van der Waals surface area (Å²) >= 11 is 0. The first-order valence-electron chi connectivity index (χ1n) is 11.6. The molecule has 0 spiro atoms. The summed E-state index contributed by atoms with van der Waals surface area (Å²) in [5, 5.41) is 4.83. The van der Waals surface area contributed by atoms with Crippen molar-refractivity contribution < 1.29 is 13.2 Å². The van der Waals surface area contributed by atoms with Crippen molar-refractivity contribution in [3.63, 3.8) is 0 Å². The summed E-state index contributed by atoms with van der Waals surface area (Å²) in [4.78, 5) is 13.5. The second-order valence-corrected chi connectivity index (χ2v) is 10.9. The van der Waals surface area contributed by atoms with Crippen molar-refractivity contribution in [3.8, 4) is 0 Å². The SMILES string of the molecule is Cc1ccc(CN(CC(=O)Nc2cccc3ccccc23)S(=O)(=O)c2c(C)cc(C)cc2C)cc1. The summed E-state index contributed by atoms with van der Waals surface area (Å²) in [6.07, 6.45) is 0. The molecule has 4 aromatic rings. The number of fused-ring (bicyclic) bond motifs is 1. The molecule has 4 aromatic carbocycles. The highest BCUT2D eigenvalue weighted by Gasteiger charge is 2.30. The molecule has 0 heterocycles. The summed E-state index contributed by atoms with van der Waals surface area (Å²) in [5.74, 6) is -0.389. The summed E-state index contributed by atoms with van der Waals surface area (Å²) < 4.78 is 29.1. The molecule has 0 saturated heterocycles. The number of anilines is 1. The fraction of sp³-hybridized carbons (Fsp3) is 0.207. The third-order valence-electron chi connectivity index (χ3n) is 6.07. The molecule has 1 N–H and O–H groups in total.